The van der Waals surface area contributed by atoms with Gasteiger partial charge < -0.3 is 10.3 Å². The van der Waals surface area contributed by atoms with Gasteiger partial charge in [0, 0.05) is 48.5 Å². The van der Waals surface area contributed by atoms with E-state index in [0.29, 0.717) is 27.8 Å². The van der Waals surface area contributed by atoms with E-state index >= 15 is 0 Å². The van der Waals surface area contributed by atoms with Crippen LogP contribution in [0.4, 0.5) is 11.5 Å². The molecule has 0 aliphatic heterocycles. The summed E-state index contributed by atoms with van der Waals surface area (Å²) in [6, 6.07) is 16.6. The summed E-state index contributed by atoms with van der Waals surface area (Å²) < 4.78 is 24.0. The number of nitrogens with one attached hydrogen (secondary N) is 2. The molecule has 0 radical (unpaired) electrons. The van der Waals surface area contributed by atoms with Crippen molar-refractivity contribution < 1.29 is 8.42 Å². The lowest BCUT2D eigenvalue weighted by molar-refractivity contribution is 0.601. The fraction of sp³-hybridized carbons (Fsp3) is 0.0400. The molecule has 8 nitrogen and oxygen atoms in total. The molecule has 0 saturated carbocycles. The van der Waals surface area contributed by atoms with Crippen LogP contribution in [-0.4, -0.2) is 34.6 Å². The fourth-order valence-electron chi connectivity index (χ4n) is 3.63. The third-order valence-corrected chi connectivity index (χ3v) is 6.41. The molecule has 0 amide bonds. The number of benzene rings is 1. The highest BCUT2D eigenvalue weighted by molar-refractivity contribution is 7.90. The average molecular weight is 470 g/mol. The summed E-state index contributed by atoms with van der Waals surface area (Å²) in [5, 5.41) is 4.29. The number of rotatable bonds is 5. The Morgan fingerprint density at radius 3 is 2.41 bits per heavy atom. The molecule has 168 valence electrons. The van der Waals surface area contributed by atoms with Crippen molar-refractivity contribution in [2.24, 2.45) is 0 Å². The molecule has 34 heavy (non-hydrogen) atoms. The van der Waals surface area contributed by atoms with Gasteiger partial charge >= 0.3 is 0 Å². The van der Waals surface area contributed by atoms with Gasteiger partial charge in [0.1, 0.15) is 5.82 Å². The second-order valence-electron chi connectivity index (χ2n) is 7.75. The Balaban J connectivity index is 1.59. The molecule has 5 aromatic rings. The molecule has 5 rings (SSSR count). The number of nitrogens with zero attached hydrogens (tertiary/aromatic N) is 3. The van der Waals surface area contributed by atoms with Crippen molar-refractivity contribution in [1.29, 1.82) is 0 Å². The lowest BCUT2D eigenvalue weighted by Gasteiger charge is -2.12. The van der Waals surface area contributed by atoms with Crippen LogP contribution < -0.4 is 10.9 Å². The first kappa shape index (κ1) is 21.5. The first-order valence-electron chi connectivity index (χ1n) is 10.3. The molecular weight excluding hydrogens is 450 g/mol. The highest BCUT2D eigenvalue weighted by Crippen LogP contribution is 2.29. The Morgan fingerprint density at radius 2 is 1.68 bits per heavy atom. The maximum Gasteiger partial charge on any atom is 0.259 e. The van der Waals surface area contributed by atoms with Crippen LogP contribution in [0.25, 0.3) is 33.2 Å². The maximum atomic E-state index is 12.6. The summed E-state index contributed by atoms with van der Waals surface area (Å²) in [6.45, 7) is 0. The van der Waals surface area contributed by atoms with Crippen LogP contribution in [0, 0.1) is 0 Å². The van der Waals surface area contributed by atoms with Gasteiger partial charge in [-0.1, -0.05) is 18.2 Å². The number of H-pyrrole nitrogens is 1. The first-order chi connectivity index (χ1) is 16.4. The molecule has 0 aliphatic carbocycles. The molecule has 1 aromatic carbocycles. The minimum atomic E-state index is -3.43. The quantitative estimate of drug-likeness (QED) is 0.396. The van der Waals surface area contributed by atoms with Crippen molar-refractivity contribution in [2.75, 3.05) is 11.6 Å². The average Bonchev–Trinajstić information content (AvgIpc) is 2.84. The van der Waals surface area contributed by atoms with Gasteiger partial charge in [0.25, 0.3) is 5.56 Å². The van der Waals surface area contributed by atoms with E-state index < -0.39 is 9.84 Å². The SMILES string of the molecule is CS(=O)(=O)c1cncc(-c2cc3cc[nH]c(=O)c3c(Nc3ccc(-c4cccnc4)cc3)n2)c1. The van der Waals surface area contributed by atoms with Gasteiger partial charge in [-0.3, -0.25) is 14.8 Å². The molecule has 4 heterocycles. The zero-order valence-electron chi connectivity index (χ0n) is 18.1. The van der Waals surface area contributed by atoms with Crippen molar-refractivity contribution >= 4 is 32.1 Å². The molecule has 0 aliphatic rings. The number of anilines is 2. The monoisotopic (exact) mass is 469 g/mol. The van der Waals surface area contributed by atoms with Crippen molar-refractivity contribution in [1.82, 2.24) is 19.9 Å². The summed E-state index contributed by atoms with van der Waals surface area (Å²) >= 11 is 0. The van der Waals surface area contributed by atoms with Gasteiger partial charge in [0.15, 0.2) is 9.84 Å². The van der Waals surface area contributed by atoms with Crippen molar-refractivity contribution in [2.45, 2.75) is 4.90 Å². The summed E-state index contributed by atoms with van der Waals surface area (Å²) in [5.41, 5.74) is 3.48. The van der Waals surface area contributed by atoms with E-state index in [-0.39, 0.29) is 10.5 Å². The molecule has 0 unspecified atom stereocenters. The number of aromatic nitrogens is 4. The lowest BCUT2D eigenvalue weighted by atomic mass is 10.1. The Labute approximate surface area is 195 Å². The van der Waals surface area contributed by atoms with Crippen LogP contribution >= 0.6 is 0 Å². The molecule has 2 N–H and O–H groups in total. The number of pyridine rings is 4. The summed E-state index contributed by atoms with van der Waals surface area (Å²) in [6.07, 6.45) is 9.05. The van der Waals surface area contributed by atoms with Crippen LogP contribution in [0.2, 0.25) is 0 Å². The molecule has 0 fully saturated rings. The fourth-order valence-corrected chi connectivity index (χ4v) is 4.22. The van der Waals surface area contributed by atoms with Gasteiger partial charge in [-0.25, -0.2) is 13.4 Å². The molecule has 4 aromatic heterocycles. The van der Waals surface area contributed by atoms with Gasteiger partial charge in [0.2, 0.25) is 0 Å². The predicted octanol–water partition coefficient (Wildman–Crippen LogP) is 4.19. The van der Waals surface area contributed by atoms with Crippen LogP contribution in [0.3, 0.4) is 0 Å². The molecule has 0 spiro atoms. The first-order valence-corrected chi connectivity index (χ1v) is 12.2. The van der Waals surface area contributed by atoms with Crippen molar-refractivity contribution in [3.05, 3.63) is 95.9 Å². The summed E-state index contributed by atoms with van der Waals surface area (Å²) in [5.74, 6) is 0.355. The molecule has 0 atom stereocenters. The van der Waals surface area contributed by atoms with E-state index in [1.807, 2.05) is 36.4 Å². The molecule has 0 saturated heterocycles. The molecule has 0 bridgehead atoms. The van der Waals surface area contributed by atoms with Crippen LogP contribution in [0.5, 0.6) is 0 Å². The van der Waals surface area contributed by atoms with E-state index in [2.05, 4.69) is 25.3 Å². The Bertz CT molecular complexity index is 1670. The highest BCUT2D eigenvalue weighted by atomic mass is 32.2. The normalized spacial score (nSPS) is 11.4. The summed E-state index contributed by atoms with van der Waals surface area (Å²) in [4.78, 5) is 28.3. The third-order valence-electron chi connectivity index (χ3n) is 5.33. The number of hydrogen-bond acceptors (Lipinski definition) is 7. The standard InChI is InChI=1S/C25H19N5O3S/c1-34(32,33)21-11-19(14-27-15-21)22-12-17-8-10-28-25(31)23(17)24(30-22)29-20-6-4-16(5-7-20)18-3-2-9-26-13-18/h2-15H,1H3,(H,28,31)(H,29,30). The lowest BCUT2D eigenvalue weighted by Crippen LogP contribution is -2.09. The number of aromatic amines is 1. The smallest absolute Gasteiger partial charge is 0.259 e. The van der Waals surface area contributed by atoms with E-state index in [1.165, 1.54) is 12.3 Å². The van der Waals surface area contributed by atoms with Crippen LogP contribution in [0.1, 0.15) is 0 Å². The van der Waals surface area contributed by atoms with Crippen LogP contribution in [-0.2, 0) is 9.84 Å². The minimum absolute atomic E-state index is 0.0957. The second-order valence-corrected chi connectivity index (χ2v) is 9.77. The van der Waals surface area contributed by atoms with E-state index in [1.54, 1.807) is 36.9 Å². The Kier molecular flexibility index (Phi) is 5.39. The predicted molar refractivity (Wildman–Crippen MR) is 132 cm³/mol. The van der Waals surface area contributed by atoms with E-state index in [0.717, 1.165) is 23.1 Å². The minimum Gasteiger partial charge on any atom is -0.340 e. The maximum absolute atomic E-state index is 12.6. The topological polar surface area (TPSA) is 118 Å². The number of fused-ring (bicyclic) bond motifs is 1. The Hall–Kier alpha value is -4.37. The van der Waals surface area contributed by atoms with Crippen molar-refractivity contribution in [3.8, 4) is 22.4 Å². The Morgan fingerprint density at radius 1 is 0.882 bits per heavy atom. The van der Waals surface area contributed by atoms with Crippen molar-refractivity contribution in [3.63, 3.8) is 0 Å². The van der Waals surface area contributed by atoms with Crippen LogP contribution in [0.15, 0.2) is 95.3 Å². The number of sulfone groups is 1. The zero-order chi connectivity index (χ0) is 23.7. The molecular formula is C25H19N5O3S. The third kappa shape index (κ3) is 4.28. The van der Waals surface area contributed by atoms with Gasteiger partial charge in [-0.2, -0.15) is 0 Å². The van der Waals surface area contributed by atoms with E-state index in [4.69, 9.17) is 0 Å². The second kappa shape index (κ2) is 8.53. The number of hydrogen-bond donors (Lipinski definition) is 2. The highest BCUT2D eigenvalue weighted by Gasteiger charge is 2.14. The largest absolute Gasteiger partial charge is 0.340 e. The van der Waals surface area contributed by atoms with Gasteiger partial charge in [-0.05, 0) is 52.9 Å². The molecule has 9 heteroatoms. The van der Waals surface area contributed by atoms with Gasteiger partial charge in [0.05, 0.1) is 16.0 Å². The van der Waals surface area contributed by atoms with E-state index in [9.17, 15) is 13.2 Å². The summed E-state index contributed by atoms with van der Waals surface area (Å²) in [7, 11) is -3.43. The van der Waals surface area contributed by atoms with Gasteiger partial charge in [-0.15, -0.1) is 0 Å². The zero-order valence-corrected chi connectivity index (χ0v) is 18.9.